The number of hydrogen-bond donors (Lipinski definition) is 4. The molecule has 0 bridgehead atoms. The van der Waals surface area contributed by atoms with E-state index in [2.05, 4.69) is 20.9 Å². The summed E-state index contributed by atoms with van der Waals surface area (Å²) in [5, 5.41) is 14.6. The van der Waals surface area contributed by atoms with Crippen molar-refractivity contribution in [3.63, 3.8) is 0 Å². The Morgan fingerprint density at radius 3 is 2.46 bits per heavy atom. The van der Waals surface area contributed by atoms with Crippen LogP contribution in [0.1, 0.15) is 11.5 Å². The Morgan fingerprint density at radius 1 is 1.14 bits per heavy atom. The number of nitrogens with one attached hydrogen (secondary N) is 3. The molecular weight excluding hydrogens is 537 g/mol. The monoisotopic (exact) mass is 571 g/mol. The SMILES string of the molecule is CN(C)Cc1ccc(CSCCNc2nc([NH+]3CC[NH+](CC[NH3+])CC3)ccc2[N+](=O)[O-])o1.[Cl-].[Cl-].[Cl-]. The molecule has 0 aliphatic carbocycles. The Morgan fingerprint density at radius 2 is 1.83 bits per heavy atom. The molecule has 1 saturated heterocycles. The number of rotatable bonds is 12. The van der Waals surface area contributed by atoms with E-state index in [0.717, 1.165) is 74.7 Å². The highest BCUT2D eigenvalue weighted by Gasteiger charge is 2.27. The molecular formula is C21H36Cl3N7O3S. The van der Waals surface area contributed by atoms with Gasteiger partial charge in [-0.1, -0.05) is 0 Å². The van der Waals surface area contributed by atoms with Gasteiger partial charge in [0.25, 0.3) is 0 Å². The molecule has 14 heteroatoms. The predicted molar refractivity (Wildman–Crippen MR) is 125 cm³/mol. The maximum absolute atomic E-state index is 11.5. The van der Waals surface area contributed by atoms with E-state index in [1.54, 1.807) is 28.8 Å². The van der Waals surface area contributed by atoms with Crippen molar-refractivity contribution in [3.8, 4) is 0 Å². The zero-order chi connectivity index (χ0) is 22.9. The molecule has 2 aromatic rings. The van der Waals surface area contributed by atoms with Gasteiger partial charge in [-0.15, -0.1) is 0 Å². The van der Waals surface area contributed by atoms with Crippen molar-refractivity contribution in [3.05, 3.63) is 45.9 Å². The summed E-state index contributed by atoms with van der Waals surface area (Å²) in [5.41, 5.74) is 3.97. The van der Waals surface area contributed by atoms with Gasteiger partial charge in [0.2, 0.25) is 11.6 Å². The van der Waals surface area contributed by atoms with Crippen LogP contribution in [0.4, 0.5) is 17.3 Å². The fraction of sp³-hybridized carbons (Fsp3) is 0.571. The predicted octanol–water partition coefficient (Wildman–Crippen LogP) is -10.3. The molecule has 0 spiro atoms. The van der Waals surface area contributed by atoms with Gasteiger partial charge in [0.1, 0.15) is 50.8 Å². The van der Waals surface area contributed by atoms with Gasteiger partial charge in [-0.25, -0.2) is 0 Å². The normalized spacial score (nSPS) is 17.1. The molecule has 0 amide bonds. The second-order valence-electron chi connectivity index (χ2n) is 8.36. The van der Waals surface area contributed by atoms with Crippen LogP contribution < -0.4 is 58.1 Å². The Hall–Kier alpha value is -1.31. The lowest BCUT2D eigenvalue weighted by Crippen LogP contribution is -3.26. The van der Waals surface area contributed by atoms with Gasteiger partial charge in [-0.2, -0.15) is 16.7 Å². The van der Waals surface area contributed by atoms with E-state index in [4.69, 9.17) is 4.42 Å². The Labute approximate surface area is 229 Å². The maximum Gasteiger partial charge on any atom is 0.311 e. The van der Waals surface area contributed by atoms with Crippen LogP contribution in [0, 0.1) is 10.1 Å². The summed E-state index contributed by atoms with van der Waals surface area (Å²) >= 11 is 1.73. The number of anilines is 1. The zero-order valence-electron chi connectivity index (χ0n) is 20.2. The van der Waals surface area contributed by atoms with Crippen molar-refractivity contribution in [2.75, 3.05) is 71.0 Å². The van der Waals surface area contributed by atoms with Gasteiger partial charge < -0.3 is 62.5 Å². The topological polar surface area (TPSA) is 121 Å². The molecule has 200 valence electrons. The molecule has 0 aromatic carbocycles. The first-order valence-electron chi connectivity index (χ1n) is 11.1. The molecule has 3 rings (SSSR count). The largest absolute Gasteiger partial charge is 1.00 e. The van der Waals surface area contributed by atoms with Crippen LogP contribution in [0.3, 0.4) is 0 Å². The lowest BCUT2D eigenvalue weighted by atomic mass is 10.3. The molecule has 1 aliphatic heterocycles. The van der Waals surface area contributed by atoms with Crippen molar-refractivity contribution >= 4 is 29.1 Å². The van der Waals surface area contributed by atoms with Crippen LogP contribution in [-0.2, 0) is 12.3 Å². The third-order valence-electron chi connectivity index (χ3n) is 5.50. The molecule has 3 heterocycles. The van der Waals surface area contributed by atoms with Crippen LogP contribution in [-0.4, -0.2) is 80.5 Å². The highest BCUT2D eigenvalue weighted by atomic mass is 35.5. The minimum absolute atomic E-state index is 0. The molecule has 0 radical (unpaired) electrons. The van der Waals surface area contributed by atoms with Crippen LogP contribution in [0.25, 0.3) is 0 Å². The number of nitrogens with zero attached hydrogens (tertiary/aromatic N) is 3. The standard InChI is InChI=1S/C21H33N7O3S.3ClH/c1-25(2)15-17-3-4-18(31-17)16-32-14-8-23-21-19(28(29)30)5-6-20(24-21)27-12-10-26(9-7-22)11-13-27;;;/h3-6H,7-16,22H2,1-2H3,(H,23,24);3*1H. The van der Waals surface area contributed by atoms with Gasteiger partial charge in [-0.05, 0) is 26.2 Å². The third kappa shape index (κ3) is 10.7. The van der Waals surface area contributed by atoms with Crippen LogP contribution >= 0.6 is 11.8 Å². The van der Waals surface area contributed by atoms with E-state index in [1.165, 1.54) is 4.90 Å². The molecule has 1 fully saturated rings. The molecule has 0 atom stereocenters. The van der Waals surface area contributed by atoms with Crippen molar-refractivity contribution < 1.29 is 62.1 Å². The summed E-state index contributed by atoms with van der Waals surface area (Å²) < 4.78 is 5.82. The van der Waals surface area contributed by atoms with Gasteiger partial charge in [0.05, 0.1) is 17.2 Å². The van der Waals surface area contributed by atoms with Crippen molar-refractivity contribution in [2.45, 2.75) is 12.3 Å². The van der Waals surface area contributed by atoms with Gasteiger partial charge in [0, 0.05) is 24.4 Å². The van der Waals surface area contributed by atoms with Crippen molar-refractivity contribution in [2.24, 2.45) is 0 Å². The number of nitro groups is 1. The minimum atomic E-state index is -0.368. The maximum atomic E-state index is 11.5. The van der Waals surface area contributed by atoms with E-state index >= 15 is 0 Å². The molecule has 35 heavy (non-hydrogen) atoms. The summed E-state index contributed by atoms with van der Waals surface area (Å²) in [6.45, 7) is 7.54. The lowest BCUT2D eigenvalue weighted by Gasteiger charge is -2.28. The summed E-state index contributed by atoms with van der Waals surface area (Å²) in [4.78, 5) is 20.7. The number of thioether (sulfide) groups is 1. The van der Waals surface area contributed by atoms with E-state index in [0.29, 0.717) is 12.4 Å². The molecule has 2 aromatic heterocycles. The van der Waals surface area contributed by atoms with E-state index in [9.17, 15) is 10.1 Å². The average molecular weight is 573 g/mol. The molecule has 0 unspecified atom stereocenters. The Kier molecular flexibility index (Phi) is 16.6. The van der Waals surface area contributed by atoms with Crippen molar-refractivity contribution in [1.29, 1.82) is 0 Å². The van der Waals surface area contributed by atoms with E-state index < -0.39 is 0 Å². The summed E-state index contributed by atoms with van der Waals surface area (Å²) in [5.74, 6) is 4.71. The summed E-state index contributed by atoms with van der Waals surface area (Å²) in [7, 11) is 4.02. The number of hydrogen-bond acceptors (Lipinski definition) is 7. The summed E-state index contributed by atoms with van der Waals surface area (Å²) in [6, 6.07) is 7.39. The van der Waals surface area contributed by atoms with Gasteiger partial charge in [-0.3, -0.25) is 15.0 Å². The van der Waals surface area contributed by atoms with Crippen LogP contribution in [0.2, 0.25) is 0 Å². The first-order valence-corrected chi connectivity index (χ1v) is 12.3. The second-order valence-corrected chi connectivity index (χ2v) is 9.47. The first-order chi connectivity index (χ1) is 15.5. The molecule has 6 N–H and O–H groups in total. The fourth-order valence-electron chi connectivity index (χ4n) is 3.90. The third-order valence-corrected chi connectivity index (χ3v) is 6.48. The summed E-state index contributed by atoms with van der Waals surface area (Å²) in [6.07, 6.45) is 0. The molecule has 1 aliphatic rings. The minimum Gasteiger partial charge on any atom is -1.00 e. The Bertz CT molecular complexity index is 884. The fourth-order valence-corrected chi connectivity index (χ4v) is 4.65. The highest BCUT2D eigenvalue weighted by molar-refractivity contribution is 7.98. The number of halogens is 3. The van der Waals surface area contributed by atoms with Gasteiger partial charge >= 0.3 is 5.69 Å². The number of quaternary nitrogens is 3. The smallest absolute Gasteiger partial charge is 0.311 e. The number of pyridine rings is 1. The van der Waals surface area contributed by atoms with E-state index in [-0.39, 0.29) is 47.8 Å². The van der Waals surface area contributed by atoms with Crippen LogP contribution in [0.5, 0.6) is 0 Å². The van der Waals surface area contributed by atoms with Gasteiger partial charge in [0.15, 0.2) is 0 Å². The first kappa shape index (κ1) is 33.7. The number of furan rings is 1. The number of piperazine rings is 1. The Balaban J connectivity index is 0.00000385. The van der Waals surface area contributed by atoms with Crippen molar-refractivity contribution in [1.82, 2.24) is 9.88 Å². The van der Waals surface area contributed by atoms with E-state index in [1.807, 2.05) is 26.2 Å². The molecule has 10 nitrogen and oxygen atoms in total. The highest BCUT2D eigenvalue weighted by Crippen LogP contribution is 2.23. The number of aromatic nitrogens is 1. The average Bonchev–Trinajstić information content (AvgIpc) is 3.20. The lowest BCUT2D eigenvalue weighted by molar-refractivity contribution is -0.989. The van der Waals surface area contributed by atoms with Crippen LogP contribution in [0.15, 0.2) is 28.7 Å². The zero-order valence-corrected chi connectivity index (χ0v) is 23.3. The second kappa shape index (κ2) is 17.2. The quantitative estimate of drug-likeness (QED) is 0.113. The molecule has 0 saturated carbocycles.